The van der Waals surface area contributed by atoms with E-state index in [0.29, 0.717) is 11.1 Å². The van der Waals surface area contributed by atoms with Crippen molar-refractivity contribution in [1.82, 2.24) is 0 Å². The number of ether oxygens (including phenoxy) is 1. The Morgan fingerprint density at radius 2 is 1.48 bits per heavy atom. The topological polar surface area (TPSA) is 43.4 Å². The zero-order valence-corrected chi connectivity index (χ0v) is 12.4. The Morgan fingerprint density at radius 1 is 0.913 bits per heavy atom. The summed E-state index contributed by atoms with van der Waals surface area (Å²) in [5.74, 6) is -2.38. The quantitative estimate of drug-likeness (QED) is 0.614. The smallest absolute Gasteiger partial charge is 0.387 e. The summed E-state index contributed by atoms with van der Waals surface area (Å²) in [6.45, 7) is 0.0357. The van der Waals surface area contributed by atoms with E-state index in [1.54, 1.807) is 0 Å². The Hall–Kier alpha value is -2.63. The van der Waals surface area contributed by atoms with E-state index in [0.717, 1.165) is 6.07 Å². The number of hydrogen-bond acceptors (Lipinski definition) is 3. The summed E-state index contributed by atoms with van der Waals surface area (Å²) in [4.78, 5) is 24.3. The maximum atomic E-state index is 13.5. The molecule has 23 heavy (non-hydrogen) atoms. The molecule has 0 unspecified atom stereocenters. The Balaban J connectivity index is 2.27. The highest BCUT2D eigenvalue weighted by Crippen LogP contribution is 2.22. The molecule has 2 aromatic rings. The highest BCUT2D eigenvalue weighted by molar-refractivity contribution is 6.49. The minimum atomic E-state index is -2.98. The maximum Gasteiger partial charge on any atom is 0.387 e. The van der Waals surface area contributed by atoms with Crippen LogP contribution >= 0.6 is 0 Å². The highest BCUT2D eigenvalue weighted by atomic mass is 19.3. The van der Waals surface area contributed by atoms with Crippen molar-refractivity contribution in [3.05, 3.63) is 64.5 Å². The van der Waals surface area contributed by atoms with Crippen LogP contribution in [0, 0.1) is 19.7 Å². The predicted octanol–water partition coefficient (Wildman–Crippen LogP) is 4.11. The first-order chi connectivity index (χ1) is 10.8. The van der Waals surface area contributed by atoms with Gasteiger partial charge in [0.05, 0.1) is 0 Å². The van der Waals surface area contributed by atoms with Crippen LogP contribution in [0.1, 0.15) is 31.8 Å². The molecule has 0 N–H and O–H groups in total. The van der Waals surface area contributed by atoms with Gasteiger partial charge in [-0.25, -0.2) is 4.39 Å². The molecule has 0 bridgehead atoms. The van der Waals surface area contributed by atoms with E-state index in [4.69, 9.17) is 0 Å². The molecule has 3 nitrogen and oxygen atoms in total. The van der Waals surface area contributed by atoms with Crippen molar-refractivity contribution in [3.8, 4) is 5.75 Å². The lowest BCUT2D eigenvalue weighted by atomic mass is 9.99. The third-order valence-corrected chi connectivity index (χ3v) is 3.29. The Kier molecular flexibility index (Phi) is 4.83. The summed E-state index contributed by atoms with van der Waals surface area (Å²) >= 11 is 0. The van der Waals surface area contributed by atoms with Gasteiger partial charge in [0.25, 0.3) is 0 Å². The lowest BCUT2D eigenvalue weighted by molar-refractivity contribution is -0.0502. The van der Waals surface area contributed by atoms with Crippen LogP contribution < -0.4 is 4.74 Å². The molecule has 0 fully saturated rings. The average molecular weight is 322 g/mol. The molecule has 0 aliphatic heterocycles. The summed E-state index contributed by atoms with van der Waals surface area (Å²) < 4.78 is 42.2. The Bertz CT molecular complexity index is 770. The molecule has 0 heterocycles. The second-order valence-corrected chi connectivity index (χ2v) is 4.98. The molecule has 120 valence electrons. The van der Waals surface area contributed by atoms with Crippen molar-refractivity contribution in [2.75, 3.05) is 0 Å². The number of carbonyl (C=O) groups excluding carboxylic acids is 2. The van der Waals surface area contributed by atoms with Crippen LogP contribution in [0.5, 0.6) is 5.75 Å². The fraction of sp³-hybridized carbons (Fsp3) is 0.176. The third-order valence-electron chi connectivity index (χ3n) is 3.29. The van der Waals surface area contributed by atoms with Gasteiger partial charge in [-0.1, -0.05) is 12.1 Å². The molecule has 0 aliphatic carbocycles. The van der Waals surface area contributed by atoms with E-state index in [2.05, 4.69) is 4.74 Å². The largest absolute Gasteiger partial charge is 0.435 e. The number of aryl methyl sites for hydroxylation is 2. The van der Waals surface area contributed by atoms with Gasteiger partial charge in [0, 0.05) is 11.1 Å². The van der Waals surface area contributed by atoms with E-state index in [1.165, 1.54) is 44.2 Å². The molecule has 0 aliphatic rings. The first-order valence-corrected chi connectivity index (χ1v) is 6.70. The SMILES string of the molecule is Cc1ccc(C(=O)C(=O)c2ccc(OC(F)F)c(C)c2)cc1F. The number of ketones is 2. The van der Waals surface area contributed by atoms with Crippen LogP contribution in [0.3, 0.4) is 0 Å². The van der Waals surface area contributed by atoms with Gasteiger partial charge in [-0.15, -0.1) is 0 Å². The van der Waals surface area contributed by atoms with E-state index < -0.39 is 24.0 Å². The van der Waals surface area contributed by atoms with E-state index in [9.17, 15) is 22.8 Å². The van der Waals surface area contributed by atoms with Crippen molar-refractivity contribution < 1.29 is 27.5 Å². The molecule has 0 radical (unpaired) electrons. The molecule has 2 rings (SSSR count). The molecule has 6 heteroatoms. The van der Waals surface area contributed by atoms with Gasteiger partial charge in [0.15, 0.2) is 0 Å². The highest BCUT2D eigenvalue weighted by Gasteiger charge is 2.20. The number of Topliss-reactive ketones (excluding diaryl/α,β-unsaturated/α-hetero) is 2. The molecule has 0 saturated heterocycles. The van der Waals surface area contributed by atoms with Crippen molar-refractivity contribution >= 4 is 11.6 Å². The summed E-state index contributed by atoms with van der Waals surface area (Å²) in [7, 11) is 0. The number of carbonyl (C=O) groups is 2. The third kappa shape index (κ3) is 3.77. The second-order valence-electron chi connectivity index (χ2n) is 4.98. The normalized spacial score (nSPS) is 10.7. The number of alkyl halides is 2. The fourth-order valence-electron chi connectivity index (χ4n) is 2.02. The minimum Gasteiger partial charge on any atom is -0.435 e. The second kappa shape index (κ2) is 6.64. The van der Waals surface area contributed by atoms with Crippen molar-refractivity contribution in [3.63, 3.8) is 0 Å². The first-order valence-electron chi connectivity index (χ1n) is 6.70. The summed E-state index contributed by atoms with van der Waals surface area (Å²) in [5, 5.41) is 0. The van der Waals surface area contributed by atoms with Gasteiger partial charge in [0.1, 0.15) is 11.6 Å². The van der Waals surface area contributed by atoms with Crippen LogP contribution in [0.2, 0.25) is 0 Å². The summed E-state index contributed by atoms with van der Waals surface area (Å²) in [5.41, 5.74) is 0.608. The molecule has 0 amide bonds. The molecule has 0 spiro atoms. The number of halogens is 3. The predicted molar refractivity (Wildman–Crippen MR) is 77.6 cm³/mol. The number of rotatable bonds is 5. The van der Waals surface area contributed by atoms with Crippen molar-refractivity contribution in [2.24, 2.45) is 0 Å². The van der Waals surface area contributed by atoms with Gasteiger partial charge in [-0.05, 0) is 49.2 Å². The van der Waals surface area contributed by atoms with Gasteiger partial charge >= 0.3 is 6.61 Å². The van der Waals surface area contributed by atoms with E-state index >= 15 is 0 Å². The van der Waals surface area contributed by atoms with Gasteiger partial charge in [-0.3, -0.25) is 9.59 Å². The van der Waals surface area contributed by atoms with Crippen LogP contribution in [0.15, 0.2) is 36.4 Å². The van der Waals surface area contributed by atoms with E-state index in [-0.39, 0.29) is 16.9 Å². The van der Waals surface area contributed by atoms with Crippen molar-refractivity contribution in [2.45, 2.75) is 20.5 Å². The standard InChI is InChI=1S/C17H13F3O3/c1-9-3-4-12(8-13(9)18)16(22)15(21)11-5-6-14(10(2)7-11)23-17(19)20/h3-8,17H,1-2H3. The number of benzene rings is 2. The monoisotopic (exact) mass is 322 g/mol. The lowest BCUT2D eigenvalue weighted by Crippen LogP contribution is -2.15. The molecular formula is C17H13F3O3. The maximum absolute atomic E-state index is 13.5. The zero-order chi connectivity index (χ0) is 17.1. The van der Waals surface area contributed by atoms with E-state index in [1.807, 2.05) is 0 Å². The molecule has 0 saturated carbocycles. The Labute approximate surface area is 130 Å². The van der Waals surface area contributed by atoms with Crippen molar-refractivity contribution in [1.29, 1.82) is 0 Å². The fourth-order valence-corrected chi connectivity index (χ4v) is 2.02. The molecular weight excluding hydrogens is 309 g/mol. The summed E-state index contributed by atoms with van der Waals surface area (Å²) in [6.07, 6.45) is 0. The van der Waals surface area contributed by atoms with Crippen LogP contribution in [-0.2, 0) is 0 Å². The number of hydrogen-bond donors (Lipinski definition) is 0. The van der Waals surface area contributed by atoms with Gasteiger partial charge < -0.3 is 4.74 Å². The van der Waals surface area contributed by atoms with Gasteiger partial charge in [0.2, 0.25) is 11.6 Å². The Morgan fingerprint density at radius 3 is 2.00 bits per heavy atom. The lowest BCUT2D eigenvalue weighted by Gasteiger charge is -2.09. The molecule has 2 aromatic carbocycles. The molecule has 0 aromatic heterocycles. The van der Waals surface area contributed by atoms with Gasteiger partial charge in [-0.2, -0.15) is 8.78 Å². The summed E-state index contributed by atoms with van der Waals surface area (Å²) in [6, 6.07) is 7.45. The van der Waals surface area contributed by atoms with Crippen LogP contribution in [-0.4, -0.2) is 18.2 Å². The van der Waals surface area contributed by atoms with Crippen LogP contribution in [0.25, 0.3) is 0 Å². The minimum absolute atomic E-state index is 0.0232. The first kappa shape index (κ1) is 16.7. The zero-order valence-electron chi connectivity index (χ0n) is 12.4. The molecule has 0 atom stereocenters. The average Bonchev–Trinajstić information content (AvgIpc) is 2.50. The van der Waals surface area contributed by atoms with Crippen LogP contribution in [0.4, 0.5) is 13.2 Å².